The van der Waals surface area contributed by atoms with Gasteiger partial charge in [0.25, 0.3) is 5.91 Å². The van der Waals surface area contributed by atoms with Crippen LogP contribution in [0.1, 0.15) is 15.9 Å². The lowest BCUT2D eigenvalue weighted by molar-refractivity contribution is 0.0992. The van der Waals surface area contributed by atoms with Gasteiger partial charge in [-0.15, -0.1) is 0 Å². The van der Waals surface area contributed by atoms with Crippen molar-refractivity contribution < 1.29 is 14.6 Å². The number of para-hydroxylation sites is 2. The first-order chi connectivity index (χ1) is 9.54. The van der Waals surface area contributed by atoms with E-state index in [0.717, 1.165) is 0 Å². The van der Waals surface area contributed by atoms with Crippen LogP contribution in [0.25, 0.3) is 0 Å². The first-order valence-electron chi connectivity index (χ1n) is 6.25. The van der Waals surface area contributed by atoms with Crippen LogP contribution in [0.5, 0.6) is 11.5 Å². The van der Waals surface area contributed by atoms with Gasteiger partial charge >= 0.3 is 0 Å². The van der Waals surface area contributed by atoms with Gasteiger partial charge in [0, 0.05) is 12.6 Å². The highest BCUT2D eigenvalue weighted by molar-refractivity contribution is 6.06. The highest BCUT2D eigenvalue weighted by Gasteiger charge is 2.17. The first kappa shape index (κ1) is 13.9. The molecule has 0 aliphatic carbocycles. The smallest absolute Gasteiger partial charge is 0.258 e. The molecule has 0 saturated carbocycles. The number of methoxy groups -OCH3 is 1. The minimum atomic E-state index is -0.155. The van der Waals surface area contributed by atoms with E-state index >= 15 is 0 Å². The van der Waals surface area contributed by atoms with Crippen LogP contribution < -0.4 is 9.64 Å². The molecule has 0 spiro atoms. The highest BCUT2D eigenvalue weighted by Crippen LogP contribution is 2.28. The van der Waals surface area contributed by atoms with Crippen LogP contribution in [0.3, 0.4) is 0 Å². The number of hydrogen-bond donors (Lipinski definition) is 1. The van der Waals surface area contributed by atoms with Gasteiger partial charge in [-0.25, -0.2) is 0 Å². The number of hydrogen-bond acceptors (Lipinski definition) is 3. The van der Waals surface area contributed by atoms with Crippen molar-refractivity contribution in [2.75, 3.05) is 19.1 Å². The summed E-state index contributed by atoms with van der Waals surface area (Å²) in [5.74, 6) is 0.665. The van der Waals surface area contributed by atoms with E-state index in [1.807, 2.05) is 18.2 Å². The average molecular weight is 271 g/mol. The number of phenolic OH excluding ortho intramolecular Hbond substituents is 1. The Bertz CT molecular complexity index is 637. The Labute approximate surface area is 118 Å². The first-order valence-corrected chi connectivity index (χ1v) is 6.25. The Morgan fingerprint density at radius 2 is 1.90 bits per heavy atom. The van der Waals surface area contributed by atoms with E-state index in [-0.39, 0.29) is 11.7 Å². The van der Waals surface area contributed by atoms with Crippen molar-refractivity contribution in [2.24, 2.45) is 0 Å². The van der Waals surface area contributed by atoms with Gasteiger partial charge in [0.15, 0.2) is 0 Å². The Morgan fingerprint density at radius 3 is 2.55 bits per heavy atom. The molecule has 0 atom stereocenters. The zero-order valence-corrected chi connectivity index (χ0v) is 11.8. The van der Waals surface area contributed by atoms with Crippen LogP contribution in [-0.4, -0.2) is 25.2 Å². The van der Waals surface area contributed by atoms with Gasteiger partial charge < -0.3 is 14.7 Å². The lowest BCUT2D eigenvalue weighted by Gasteiger charge is -2.20. The molecule has 2 rings (SSSR count). The maximum absolute atomic E-state index is 12.5. The van der Waals surface area contributed by atoms with Gasteiger partial charge in [0.1, 0.15) is 11.5 Å². The molecule has 0 saturated heterocycles. The fourth-order valence-corrected chi connectivity index (χ4v) is 2.00. The predicted octanol–water partition coefficient (Wildman–Crippen LogP) is 2.99. The number of carbonyl (C=O) groups is 1. The molecule has 0 bridgehead atoms. The lowest BCUT2D eigenvalue weighted by atomic mass is 10.1. The molecule has 1 N–H and O–H groups in total. The van der Waals surface area contributed by atoms with Crippen molar-refractivity contribution in [3.63, 3.8) is 0 Å². The molecular weight excluding hydrogens is 254 g/mol. The molecule has 0 aliphatic rings. The number of phenols is 1. The largest absolute Gasteiger partial charge is 0.508 e. The fourth-order valence-electron chi connectivity index (χ4n) is 2.00. The number of nitrogens with zero attached hydrogens (tertiary/aromatic N) is 1. The number of amides is 1. The van der Waals surface area contributed by atoms with Gasteiger partial charge in [0.05, 0.1) is 12.8 Å². The maximum atomic E-state index is 12.5. The lowest BCUT2D eigenvalue weighted by Crippen LogP contribution is -2.26. The molecule has 104 valence electrons. The second kappa shape index (κ2) is 5.65. The van der Waals surface area contributed by atoms with Crippen LogP contribution in [0.15, 0.2) is 42.5 Å². The number of aryl methyl sites for hydroxylation is 1. The van der Waals surface area contributed by atoms with Crippen molar-refractivity contribution in [2.45, 2.75) is 6.92 Å². The number of benzene rings is 2. The zero-order valence-electron chi connectivity index (χ0n) is 11.8. The van der Waals surface area contributed by atoms with Crippen molar-refractivity contribution in [1.82, 2.24) is 0 Å². The van der Waals surface area contributed by atoms with E-state index in [1.165, 1.54) is 11.0 Å². The molecule has 0 aromatic heterocycles. The summed E-state index contributed by atoms with van der Waals surface area (Å²) >= 11 is 0. The highest BCUT2D eigenvalue weighted by atomic mass is 16.5. The van der Waals surface area contributed by atoms with Crippen LogP contribution in [0, 0.1) is 6.92 Å². The summed E-state index contributed by atoms with van der Waals surface area (Å²) < 4.78 is 5.26. The molecule has 1 amide bonds. The van der Waals surface area contributed by atoms with E-state index < -0.39 is 0 Å². The third kappa shape index (κ3) is 2.59. The maximum Gasteiger partial charge on any atom is 0.258 e. The quantitative estimate of drug-likeness (QED) is 0.933. The van der Waals surface area contributed by atoms with Gasteiger partial charge in [-0.1, -0.05) is 12.1 Å². The molecule has 0 fully saturated rings. The Balaban J connectivity index is 2.34. The molecule has 4 heteroatoms. The van der Waals surface area contributed by atoms with E-state index in [4.69, 9.17) is 4.74 Å². The standard InChI is InChI=1S/C16H17NO3/c1-11-10-12(8-9-14(11)18)16(19)17(2)13-6-4-5-7-15(13)20-3/h4-10,18H,1-3H3. The Kier molecular flexibility index (Phi) is 3.94. The summed E-state index contributed by atoms with van der Waals surface area (Å²) in [5.41, 5.74) is 1.89. The third-order valence-electron chi connectivity index (χ3n) is 3.19. The van der Waals surface area contributed by atoms with Crippen LogP contribution in [0.4, 0.5) is 5.69 Å². The molecule has 2 aromatic rings. The van der Waals surface area contributed by atoms with E-state index in [1.54, 1.807) is 39.3 Å². The summed E-state index contributed by atoms with van der Waals surface area (Å²) in [6.45, 7) is 1.76. The minimum Gasteiger partial charge on any atom is -0.508 e. The summed E-state index contributed by atoms with van der Waals surface area (Å²) in [7, 11) is 3.27. The molecular formula is C16H17NO3. The molecule has 0 heterocycles. The summed E-state index contributed by atoms with van der Waals surface area (Å²) in [5, 5.41) is 9.52. The fraction of sp³-hybridized carbons (Fsp3) is 0.188. The van der Waals surface area contributed by atoms with Crippen LogP contribution >= 0.6 is 0 Å². The predicted molar refractivity (Wildman–Crippen MR) is 78.6 cm³/mol. The van der Waals surface area contributed by atoms with Crippen molar-refractivity contribution in [3.05, 3.63) is 53.6 Å². The SMILES string of the molecule is COc1ccccc1N(C)C(=O)c1ccc(O)c(C)c1. The molecule has 20 heavy (non-hydrogen) atoms. The van der Waals surface area contributed by atoms with E-state index in [0.29, 0.717) is 22.6 Å². The van der Waals surface area contributed by atoms with Crippen molar-refractivity contribution in [1.29, 1.82) is 0 Å². The number of ether oxygens (including phenoxy) is 1. The monoisotopic (exact) mass is 271 g/mol. The number of anilines is 1. The summed E-state index contributed by atoms with van der Waals surface area (Å²) in [6, 6.07) is 12.1. The van der Waals surface area contributed by atoms with Crippen LogP contribution in [0.2, 0.25) is 0 Å². The second-order valence-corrected chi connectivity index (χ2v) is 4.54. The van der Waals surface area contributed by atoms with Gasteiger partial charge in [-0.2, -0.15) is 0 Å². The van der Waals surface area contributed by atoms with E-state index in [2.05, 4.69) is 0 Å². The average Bonchev–Trinajstić information content (AvgIpc) is 2.48. The van der Waals surface area contributed by atoms with Crippen molar-refractivity contribution in [3.8, 4) is 11.5 Å². The normalized spacial score (nSPS) is 10.2. The molecule has 4 nitrogen and oxygen atoms in total. The van der Waals surface area contributed by atoms with E-state index in [9.17, 15) is 9.90 Å². The molecule has 0 unspecified atom stereocenters. The molecule has 0 aliphatic heterocycles. The summed E-state index contributed by atoms with van der Waals surface area (Å²) in [4.78, 5) is 14.0. The van der Waals surface area contributed by atoms with Gasteiger partial charge in [-0.3, -0.25) is 4.79 Å². The topological polar surface area (TPSA) is 49.8 Å². The number of carbonyl (C=O) groups excluding carboxylic acids is 1. The van der Waals surface area contributed by atoms with Crippen LogP contribution in [-0.2, 0) is 0 Å². The number of rotatable bonds is 3. The van der Waals surface area contributed by atoms with Gasteiger partial charge in [0.2, 0.25) is 0 Å². The summed E-state index contributed by atoms with van der Waals surface area (Å²) in [6.07, 6.45) is 0. The second-order valence-electron chi connectivity index (χ2n) is 4.54. The minimum absolute atomic E-state index is 0.155. The molecule has 2 aromatic carbocycles. The Morgan fingerprint density at radius 1 is 1.20 bits per heavy atom. The zero-order chi connectivity index (χ0) is 14.7. The van der Waals surface area contributed by atoms with Gasteiger partial charge in [-0.05, 0) is 42.8 Å². The van der Waals surface area contributed by atoms with Crippen molar-refractivity contribution >= 4 is 11.6 Å². The third-order valence-corrected chi connectivity index (χ3v) is 3.19. The number of aromatic hydroxyl groups is 1. The Hall–Kier alpha value is -2.49. The molecule has 0 radical (unpaired) electrons.